The van der Waals surface area contributed by atoms with Gasteiger partial charge in [-0.05, 0) is 47.0 Å². The van der Waals surface area contributed by atoms with E-state index in [1.807, 2.05) is 60.7 Å². The summed E-state index contributed by atoms with van der Waals surface area (Å²) in [6, 6.07) is 24.7. The van der Waals surface area contributed by atoms with Gasteiger partial charge in [0.05, 0.1) is 11.1 Å². The first-order valence-corrected chi connectivity index (χ1v) is 9.85. The molecule has 0 N–H and O–H groups in total. The molecule has 2 aromatic rings. The van der Waals surface area contributed by atoms with Gasteiger partial charge in [-0.25, -0.2) is 0 Å². The summed E-state index contributed by atoms with van der Waals surface area (Å²) >= 11 is 0. The van der Waals surface area contributed by atoms with Gasteiger partial charge in [0.25, 0.3) is 0 Å². The Balaban J connectivity index is 2.82. The van der Waals surface area contributed by atoms with Crippen LogP contribution in [0.4, 0.5) is 0 Å². The molecule has 28 heavy (non-hydrogen) atoms. The van der Waals surface area contributed by atoms with Crippen LogP contribution < -0.4 is 0 Å². The third kappa shape index (κ3) is 5.45. The Morgan fingerprint density at radius 1 is 0.643 bits per heavy atom. The Morgan fingerprint density at radius 2 is 0.964 bits per heavy atom. The second-order valence-corrected chi connectivity index (χ2v) is 7.86. The number of rotatable bonds is 7. The van der Waals surface area contributed by atoms with Crippen molar-refractivity contribution in [2.45, 2.75) is 40.5 Å². The van der Waals surface area contributed by atoms with Gasteiger partial charge in [0.1, 0.15) is 12.1 Å². The predicted molar refractivity (Wildman–Crippen MR) is 117 cm³/mol. The van der Waals surface area contributed by atoms with Crippen molar-refractivity contribution in [1.82, 2.24) is 0 Å². The molecule has 142 valence electrons. The van der Waals surface area contributed by atoms with Crippen molar-refractivity contribution in [2.24, 2.45) is 11.8 Å². The molecule has 0 heterocycles. The van der Waals surface area contributed by atoms with Gasteiger partial charge in [-0.15, -0.1) is 0 Å². The van der Waals surface area contributed by atoms with Crippen molar-refractivity contribution in [3.63, 3.8) is 0 Å². The maximum absolute atomic E-state index is 10.1. The molecule has 2 nitrogen and oxygen atoms in total. The van der Waals surface area contributed by atoms with E-state index in [0.29, 0.717) is 23.0 Å². The quantitative estimate of drug-likeness (QED) is 0.389. The highest BCUT2D eigenvalue weighted by Crippen LogP contribution is 2.35. The predicted octanol–water partition coefficient (Wildman–Crippen LogP) is 7.03. The van der Waals surface area contributed by atoms with Gasteiger partial charge in [0, 0.05) is 0 Å². The lowest BCUT2D eigenvalue weighted by Crippen LogP contribution is -2.02. The molecule has 2 heteroatoms. The van der Waals surface area contributed by atoms with Crippen molar-refractivity contribution in [2.75, 3.05) is 0 Å². The van der Waals surface area contributed by atoms with Gasteiger partial charge in [-0.3, -0.25) is 0 Å². The van der Waals surface area contributed by atoms with Gasteiger partial charge in [0.2, 0.25) is 0 Å². The highest BCUT2D eigenvalue weighted by atomic mass is 14.3. The average Bonchev–Trinajstić information content (AvgIpc) is 2.70. The number of hydrogen-bond donors (Lipinski definition) is 0. The van der Waals surface area contributed by atoms with E-state index in [4.69, 9.17) is 0 Å². The van der Waals surface area contributed by atoms with Crippen LogP contribution in [0.15, 0.2) is 71.8 Å². The molecular weight excluding hydrogens is 340 g/mol. The average molecular weight is 369 g/mol. The lowest BCUT2D eigenvalue weighted by atomic mass is 9.84. The van der Waals surface area contributed by atoms with Gasteiger partial charge in [0.15, 0.2) is 0 Å². The number of hydrogen-bond acceptors (Lipinski definition) is 2. The second-order valence-electron chi connectivity index (χ2n) is 7.86. The summed E-state index contributed by atoms with van der Waals surface area (Å²) in [7, 11) is 0. The Morgan fingerprint density at radius 3 is 1.21 bits per heavy atom. The normalized spacial score (nSPS) is 12.9. The fourth-order valence-corrected chi connectivity index (χ4v) is 3.37. The zero-order chi connectivity index (χ0) is 20.5. The van der Waals surface area contributed by atoms with E-state index in [2.05, 4.69) is 39.8 Å². The van der Waals surface area contributed by atoms with Gasteiger partial charge >= 0.3 is 0 Å². The summed E-state index contributed by atoms with van der Waals surface area (Å²) in [4.78, 5) is 0. The Kier molecular flexibility index (Phi) is 7.79. The monoisotopic (exact) mass is 368 g/mol. The molecular formula is C26H28N2. The third-order valence-corrected chi connectivity index (χ3v) is 4.55. The van der Waals surface area contributed by atoms with Crippen LogP contribution in [0.5, 0.6) is 0 Å². The molecule has 2 rings (SSSR count). The largest absolute Gasteiger partial charge is 0.192 e. The molecule has 0 amide bonds. The first-order chi connectivity index (χ1) is 13.5. The molecule has 0 unspecified atom stereocenters. The SMILES string of the molecule is CC(C)CC(=C(C#N)C(C#N)=C(CC(C)C)c1ccccc1)c1ccccc1. The van der Waals surface area contributed by atoms with Crippen LogP contribution in [0.25, 0.3) is 11.1 Å². The van der Waals surface area contributed by atoms with E-state index in [0.717, 1.165) is 35.1 Å². The summed E-state index contributed by atoms with van der Waals surface area (Å²) < 4.78 is 0. The van der Waals surface area contributed by atoms with E-state index in [1.165, 1.54) is 0 Å². The van der Waals surface area contributed by atoms with E-state index >= 15 is 0 Å². The molecule has 0 aliphatic carbocycles. The molecule has 0 atom stereocenters. The van der Waals surface area contributed by atoms with Gasteiger partial charge in [-0.1, -0.05) is 88.4 Å². The minimum atomic E-state index is 0.378. The first kappa shape index (κ1) is 21.2. The molecule has 0 saturated heterocycles. The first-order valence-electron chi connectivity index (χ1n) is 9.85. The lowest BCUT2D eigenvalue weighted by molar-refractivity contribution is 0.670. The highest BCUT2D eigenvalue weighted by molar-refractivity contribution is 5.86. The molecule has 0 spiro atoms. The molecule has 0 aliphatic heterocycles. The molecule has 2 aromatic carbocycles. The molecule has 0 aliphatic rings. The fourth-order valence-electron chi connectivity index (χ4n) is 3.37. The van der Waals surface area contributed by atoms with Crippen molar-refractivity contribution in [3.05, 3.63) is 82.9 Å². The second kappa shape index (κ2) is 10.3. The minimum Gasteiger partial charge on any atom is -0.192 e. The number of benzene rings is 2. The van der Waals surface area contributed by atoms with Gasteiger partial charge in [-0.2, -0.15) is 10.5 Å². The standard InChI is InChI=1S/C26H28N2/c1-19(2)15-23(21-11-7-5-8-12-21)25(17-27)26(18-28)24(16-20(3)4)22-13-9-6-10-14-22/h5-14,19-20H,15-16H2,1-4H3. The van der Waals surface area contributed by atoms with E-state index in [9.17, 15) is 10.5 Å². The van der Waals surface area contributed by atoms with Crippen molar-refractivity contribution in [1.29, 1.82) is 10.5 Å². The minimum absolute atomic E-state index is 0.378. The van der Waals surface area contributed by atoms with Crippen LogP contribution in [-0.4, -0.2) is 0 Å². The molecule has 0 saturated carbocycles. The molecule has 0 bridgehead atoms. The maximum atomic E-state index is 10.1. The third-order valence-electron chi connectivity index (χ3n) is 4.55. The zero-order valence-electron chi connectivity index (χ0n) is 17.2. The summed E-state index contributed by atoms with van der Waals surface area (Å²) in [5.41, 5.74) is 4.93. The van der Waals surface area contributed by atoms with E-state index in [-0.39, 0.29) is 0 Å². The fraction of sp³-hybridized carbons (Fsp3) is 0.308. The maximum Gasteiger partial charge on any atom is 0.101 e. The van der Waals surface area contributed by atoms with E-state index in [1.54, 1.807) is 0 Å². The molecule has 0 aromatic heterocycles. The topological polar surface area (TPSA) is 47.6 Å². The summed E-state index contributed by atoms with van der Waals surface area (Å²) in [6.07, 6.45) is 1.50. The lowest BCUT2D eigenvalue weighted by Gasteiger charge is -2.17. The van der Waals surface area contributed by atoms with Gasteiger partial charge < -0.3 is 0 Å². The van der Waals surface area contributed by atoms with Crippen LogP contribution in [0.2, 0.25) is 0 Å². The Bertz CT molecular complexity index is 838. The highest BCUT2D eigenvalue weighted by Gasteiger charge is 2.20. The summed E-state index contributed by atoms with van der Waals surface area (Å²) in [5.74, 6) is 0.757. The van der Waals surface area contributed by atoms with Crippen LogP contribution in [-0.2, 0) is 0 Å². The summed E-state index contributed by atoms with van der Waals surface area (Å²) in [5, 5.41) is 20.2. The van der Waals surface area contributed by atoms with Crippen molar-refractivity contribution in [3.8, 4) is 12.1 Å². The van der Waals surface area contributed by atoms with Crippen LogP contribution in [0.3, 0.4) is 0 Å². The number of nitriles is 2. The van der Waals surface area contributed by atoms with Crippen molar-refractivity contribution < 1.29 is 0 Å². The number of allylic oxidation sites excluding steroid dienone is 4. The smallest absolute Gasteiger partial charge is 0.101 e. The van der Waals surface area contributed by atoms with Crippen molar-refractivity contribution >= 4 is 11.1 Å². The summed E-state index contributed by atoms with van der Waals surface area (Å²) in [6.45, 7) is 8.56. The Hall–Kier alpha value is -3.10. The zero-order valence-corrected chi connectivity index (χ0v) is 17.2. The van der Waals surface area contributed by atoms with Crippen LogP contribution in [0.1, 0.15) is 51.7 Å². The molecule has 0 radical (unpaired) electrons. The molecule has 0 fully saturated rings. The van der Waals surface area contributed by atoms with E-state index < -0.39 is 0 Å². The van der Waals surface area contributed by atoms with Crippen LogP contribution in [0, 0.1) is 34.5 Å². The number of nitrogens with zero attached hydrogens (tertiary/aromatic N) is 2. The Labute approximate surface area is 169 Å². The van der Waals surface area contributed by atoms with Crippen LogP contribution >= 0.6 is 0 Å².